The molecule has 0 aromatic heterocycles. The maximum Gasteiger partial charge on any atom is 0.255 e. The Balaban J connectivity index is 1.48. The van der Waals surface area contributed by atoms with E-state index in [2.05, 4.69) is 34.5 Å². The van der Waals surface area contributed by atoms with Crippen LogP contribution in [0.25, 0.3) is 0 Å². The zero-order valence-corrected chi connectivity index (χ0v) is 16.4. The number of amides is 2. The first kappa shape index (κ1) is 19.0. The summed E-state index contributed by atoms with van der Waals surface area (Å²) in [6.45, 7) is 1.80. The molecule has 1 aliphatic rings. The van der Waals surface area contributed by atoms with E-state index in [9.17, 15) is 9.59 Å². The minimum atomic E-state index is -0.579. The van der Waals surface area contributed by atoms with Gasteiger partial charge in [0, 0.05) is 29.9 Å². The molecule has 3 N–H and O–H groups in total. The fourth-order valence-corrected chi connectivity index (χ4v) is 3.67. The molecule has 0 saturated carbocycles. The number of carbonyl (C=O) groups excluding carboxylic acids is 2. The van der Waals surface area contributed by atoms with Crippen molar-refractivity contribution >= 4 is 34.8 Å². The molecule has 0 radical (unpaired) electrons. The molecule has 146 valence electrons. The van der Waals surface area contributed by atoms with E-state index < -0.39 is 5.91 Å². The van der Waals surface area contributed by atoms with Gasteiger partial charge in [-0.15, -0.1) is 0 Å². The molecule has 6 heteroatoms. The van der Waals surface area contributed by atoms with Gasteiger partial charge in [0.1, 0.15) is 0 Å². The van der Waals surface area contributed by atoms with Crippen LogP contribution in [0.4, 0.5) is 11.4 Å². The molecule has 3 aromatic carbocycles. The Morgan fingerprint density at radius 3 is 2.34 bits per heavy atom. The highest BCUT2D eigenvalue weighted by Crippen LogP contribution is 2.26. The molecule has 0 fully saturated rings. The van der Waals surface area contributed by atoms with Gasteiger partial charge in [-0.2, -0.15) is 0 Å². The average molecular weight is 406 g/mol. The first-order valence-corrected chi connectivity index (χ1v) is 9.71. The molecule has 5 nitrogen and oxygen atoms in total. The van der Waals surface area contributed by atoms with Gasteiger partial charge in [0.15, 0.2) is 0 Å². The molecule has 3 aromatic rings. The lowest BCUT2D eigenvalue weighted by atomic mass is 9.99. The summed E-state index contributed by atoms with van der Waals surface area (Å²) in [7, 11) is 0. The maximum atomic E-state index is 12.6. The predicted molar refractivity (Wildman–Crippen MR) is 116 cm³/mol. The Kier molecular flexibility index (Phi) is 5.23. The molecule has 29 heavy (non-hydrogen) atoms. The highest BCUT2D eigenvalue weighted by atomic mass is 35.5. The normalized spacial score (nSPS) is 12.9. The Hall–Kier alpha value is -3.31. The molecule has 0 unspecified atom stereocenters. The van der Waals surface area contributed by atoms with E-state index in [1.165, 1.54) is 29.3 Å². The van der Waals surface area contributed by atoms with Gasteiger partial charge in [0.05, 0.1) is 10.7 Å². The number of rotatable bonds is 4. The van der Waals surface area contributed by atoms with Crippen LogP contribution in [0.5, 0.6) is 0 Å². The van der Waals surface area contributed by atoms with Gasteiger partial charge in [-0.3, -0.25) is 9.59 Å². The van der Waals surface area contributed by atoms with E-state index in [0.717, 1.165) is 25.2 Å². The quantitative estimate of drug-likeness (QED) is 0.681. The second-order valence-corrected chi connectivity index (χ2v) is 7.41. The molecule has 0 spiro atoms. The Bertz CT molecular complexity index is 1080. The summed E-state index contributed by atoms with van der Waals surface area (Å²) in [4.78, 5) is 26.2. The number of hydrogen-bond donors (Lipinski definition) is 2. The fourth-order valence-electron chi connectivity index (χ4n) is 3.51. The van der Waals surface area contributed by atoms with Gasteiger partial charge in [-0.05, 0) is 60.0 Å². The van der Waals surface area contributed by atoms with Crippen LogP contribution in [0.1, 0.15) is 31.8 Å². The van der Waals surface area contributed by atoms with E-state index in [4.69, 9.17) is 17.3 Å². The zero-order chi connectivity index (χ0) is 20.4. The van der Waals surface area contributed by atoms with E-state index in [0.29, 0.717) is 16.3 Å². The van der Waals surface area contributed by atoms with Gasteiger partial charge in [-0.1, -0.05) is 35.9 Å². The summed E-state index contributed by atoms with van der Waals surface area (Å²) in [5.74, 6) is -0.881. The van der Waals surface area contributed by atoms with Crippen molar-refractivity contribution < 1.29 is 9.59 Å². The van der Waals surface area contributed by atoms with Crippen molar-refractivity contribution in [2.24, 2.45) is 5.73 Å². The van der Waals surface area contributed by atoms with Crippen LogP contribution >= 0.6 is 11.6 Å². The lowest BCUT2D eigenvalue weighted by Crippen LogP contribution is -2.30. The van der Waals surface area contributed by atoms with Crippen LogP contribution in [-0.4, -0.2) is 18.4 Å². The summed E-state index contributed by atoms with van der Waals surface area (Å²) in [5, 5.41) is 3.08. The Labute approximate surface area is 174 Å². The smallest absolute Gasteiger partial charge is 0.255 e. The molecule has 0 saturated heterocycles. The van der Waals surface area contributed by atoms with Crippen LogP contribution in [0, 0.1) is 0 Å². The number of fused-ring (bicyclic) bond motifs is 1. The number of nitrogens with two attached hydrogens (primary N) is 1. The number of halogens is 1. The number of nitrogens with one attached hydrogen (secondary N) is 1. The van der Waals surface area contributed by atoms with E-state index in [1.54, 1.807) is 12.1 Å². The van der Waals surface area contributed by atoms with Crippen LogP contribution in [0.3, 0.4) is 0 Å². The van der Waals surface area contributed by atoms with Gasteiger partial charge in [0.2, 0.25) is 5.91 Å². The third-order valence-corrected chi connectivity index (χ3v) is 5.45. The van der Waals surface area contributed by atoms with Crippen LogP contribution in [0.2, 0.25) is 5.02 Å². The van der Waals surface area contributed by atoms with Gasteiger partial charge >= 0.3 is 0 Å². The van der Waals surface area contributed by atoms with Crippen molar-refractivity contribution in [1.82, 2.24) is 0 Å². The zero-order valence-electron chi connectivity index (χ0n) is 15.7. The van der Waals surface area contributed by atoms with Crippen molar-refractivity contribution in [3.63, 3.8) is 0 Å². The number of carbonyl (C=O) groups is 2. The second kappa shape index (κ2) is 7.97. The molecule has 4 rings (SSSR count). The average Bonchev–Trinajstić information content (AvgIpc) is 2.75. The highest BCUT2D eigenvalue weighted by Gasteiger charge is 2.17. The molecular formula is C23H20ClN3O2. The minimum absolute atomic E-state index is 0.283. The topological polar surface area (TPSA) is 75.4 Å². The van der Waals surface area contributed by atoms with Crippen molar-refractivity contribution in [2.45, 2.75) is 13.0 Å². The lowest BCUT2D eigenvalue weighted by molar-refractivity contribution is 0.0996. The molecule has 1 heterocycles. The number of nitrogens with zero attached hydrogens (tertiary/aromatic N) is 1. The largest absolute Gasteiger partial charge is 0.367 e. The molecule has 0 atom stereocenters. The molecule has 0 bridgehead atoms. The maximum absolute atomic E-state index is 12.6. The first-order valence-electron chi connectivity index (χ1n) is 9.34. The Morgan fingerprint density at radius 1 is 0.931 bits per heavy atom. The van der Waals surface area contributed by atoms with Crippen molar-refractivity contribution in [3.8, 4) is 0 Å². The summed E-state index contributed by atoms with van der Waals surface area (Å²) < 4.78 is 0. The summed E-state index contributed by atoms with van der Waals surface area (Å²) in [6.07, 6.45) is 1.01. The monoisotopic (exact) mass is 405 g/mol. The van der Waals surface area contributed by atoms with Gasteiger partial charge < -0.3 is 16.0 Å². The van der Waals surface area contributed by atoms with Crippen molar-refractivity contribution in [1.29, 1.82) is 0 Å². The minimum Gasteiger partial charge on any atom is -0.367 e. The predicted octanol–water partition coefficient (Wildman–Crippen LogP) is 4.25. The SMILES string of the molecule is NC(=O)c1ccc(Cl)c(NC(=O)c2ccc(N3CCc4ccccc4C3)cc2)c1. The van der Waals surface area contributed by atoms with Crippen LogP contribution in [0.15, 0.2) is 66.7 Å². The fraction of sp³-hybridized carbons (Fsp3) is 0.130. The first-order chi connectivity index (χ1) is 14.0. The molecule has 0 aliphatic carbocycles. The highest BCUT2D eigenvalue weighted by molar-refractivity contribution is 6.34. The second-order valence-electron chi connectivity index (χ2n) is 7.00. The van der Waals surface area contributed by atoms with E-state index in [-0.39, 0.29) is 11.5 Å². The van der Waals surface area contributed by atoms with E-state index >= 15 is 0 Å². The van der Waals surface area contributed by atoms with Crippen LogP contribution < -0.4 is 16.0 Å². The molecule has 2 amide bonds. The summed E-state index contributed by atoms with van der Waals surface area (Å²) in [6, 6.07) is 20.5. The van der Waals surface area contributed by atoms with Crippen LogP contribution in [-0.2, 0) is 13.0 Å². The van der Waals surface area contributed by atoms with Gasteiger partial charge in [0.25, 0.3) is 5.91 Å². The molecule has 1 aliphatic heterocycles. The summed E-state index contributed by atoms with van der Waals surface area (Å²) >= 11 is 6.13. The number of hydrogen-bond acceptors (Lipinski definition) is 3. The van der Waals surface area contributed by atoms with Crippen molar-refractivity contribution in [3.05, 3.63) is 94.0 Å². The Morgan fingerprint density at radius 2 is 1.62 bits per heavy atom. The van der Waals surface area contributed by atoms with Crippen molar-refractivity contribution in [2.75, 3.05) is 16.8 Å². The molecular weight excluding hydrogens is 386 g/mol. The lowest BCUT2D eigenvalue weighted by Gasteiger charge is -2.30. The number of benzene rings is 3. The van der Waals surface area contributed by atoms with E-state index in [1.807, 2.05) is 12.1 Å². The third kappa shape index (κ3) is 4.10. The van der Waals surface area contributed by atoms with Gasteiger partial charge in [-0.25, -0.2) is 0 Å². The standard InChI is InChI=1S/C23H20ClN3O2/c24-20-10-7-17(22(25)28)13-21(20)26-23(29)16-5-8-19(9-6-16)27-12-11-15-3-1-2-4-18(15)14-27/h1-10,13H,11-12,14H2,(H2,25,28)(H,26,29). The third-order valence-electron chi connectivity index (χ3n) is 5.12. The number of primary amides is 1. The summed E-state index contributed by atoms with van der Waals surface area (Å²) in [5.41, 5.74) is 10.2. The number of anilines is 2.